The van der Waals surface area contributed by atoms with Crippen LogP contribution in [0, 0.1) is 0 Å². The van der Waals surface area contributed by atoms with Crippen LogP contribution in [0.3, 0.4) is 0 Å². The van der Waals surface area contributed by atoms with E-state index in [1.807, 2.05) is 0 Å². The van der Waals surface area contributed by atoms with Gasteiger partial charge in [-0.3, -0.25) is 4.79 Å². The van der Waals surface area contributed by atoms with E-state index in [1.54, 1.807) is 11.3 Å². The summed E-state index contributed by atoms with van der Waals surface area (Å²) in [5.41, 5.74) is 0.999. The Labute approximate surface area is 138 Å². The fourth-order valence-corrected chi connectivity index (χ4v) is 3.80. The van der Waals surface area contributed by atoms with E-state index < -0.39 is 0 Å². The van der Waals surface area contributed by atoms with Crippen molar-refractivity contribution in [2.75, 3.05) is 26.2 Å². The third-order valence-corrected chi connectivity index (χ3v) is 5.42. The highest BCUT2D eigenvalue weighted by atomic mass is 32.1. The minimum absolute atomic E-state index is 0.0697. The monoisotopic (exact) mass is 323 g/mol. The summed E-state index contributed by atoms with van der Waals surface area (Å²) >= 11 is 1.57. The average molecular weight is 324 g/mol. The summed E-state index contributed by atoms with van der Waals surface area (Å²) in [7, 11) is 0. The predicted octanol–water partition coefficient (Wildman–Crippen LogP) is 3.26. The van der Waals surface area contributed by atoms with Gasteiger partial charge in [0, 0.05) is 13.1 Å². The highest BCUT2D eigenvalue weighted by Gasteiger charge is 2.17. The number of hydrogen-bond donors (Lipinski definition) is 1. The lowest BCUT2D eigenvalue weighted by molar-refractivity contribution is 0.0949. The number of unbranched alkanes of at least 4 members (excludes halogenated alkanes) is 1. The third-order valence-electron chi connectivity index (χ3n) is 4.18. The Bertz CT molecular complexity index is 466. The van der Waals surface area contributed by atoms with Gasteiger partial charge >= 0.3 is 0 Å². The van der Waals surface area contributed by atoms with Crippen LogP contribution >= 0.6 is 11.3 Å². The fourth-order valence-electron chi connectivity index (χ4n) is 2.83. The van der Waals surface area contributed by atoms with Gasteiger partial charge in [0.15, 0.2) is 0 Å². The van der Waals surface area contributed by atoms with Gasteiger partial charge < -0.3 is 10.2 Å². The quantitative estimate of drug-likeness (QED) is 0.798. The number of likely N-dealkylation sites (tertiary alicyclic amines) is 1. The Morgan fingerprint density at radius 3 is 2.73 bits per heavy atom. The van der Waals surface area contributed by atoms with Gasteiger partial charge in [-0.2, -0.15) is 0 Å². The molecule has 0 saturated carbocycles. The minimum atomic E-state index is 0.0697. The van der Waals surface area contributed by atoms with Crippen molar-refractivity contribution in [3.8, 4) is 0 Å². The molecular formula is C17H29N3OS. The second-order valence-electron chi connectivity index (χ2n) is 6.00. The maximum atomic E-state index is 12.4. The van der Waals surface area contributed by atoms with Crippen molar-refractivity contribution in [2.45, 2.75) is 58.8 Å². The van der Waals surface area contributed by atoms with Crippen molar-refractivity contribution in [3.05, 3.63) is 15.6 Å². The summed E-state index contributed by atoms with van der Waals surface area (Å²) in [6, 6.07) is 0. The molecule has 0 radical (unpaired) electrons. The standard InChI is InChI=1S/C17H29N3OS/c1-3-5-9-14-16(22-15(4-2)19-14)17(21)18-10-13-20-11-7-6-8-12-20/h3-13H2,1-2H3,(H,18,21). The first-order chi connectivity index (χ1) is 10.7. The predicted molar refractivity (Wildman–Crippen MR) is 92.7 cm³/mol. The van der Waals surface area contributed by atoms with Crippen LogP contribution in [-0.4, -0.2) is 42.0 Å². The molecule has 1 amide bonds. The van der Waals surface area contributed by atoms with Crippen molar-refractivity contribution in [3.63, 3.8) is 0 Å². The van der Waals surface area contributed by atoms with Crippen molar-refractivity contribution < 1.29 is 4.79 Å². The Morgan fingerprint density at radius 1 is 1.27 bits per heavy atom. The van der Waals surface area contributed by atoms with Gasteiger partial charge in [0.2, 0.25) is 0 Å². The number of aromatic nitrogens is 1. The normalized spacial score (nSPS) is 15.9. The third kappa shape index (κ3) is 5.06. The molecule has 1 N–H and O–H groups in total. The topological polar surface area (TPSA) is 45.2 Å². The van der Waals surface area contributed by atoms with Crippen LogP contribution < -0.4 is 5.32 Å². The van der Waals surface area contributed by atoms with Crippen molar-refractivity contribution in [1.29, 1.82) is 0 Å². The van der Waals surface area contributed by atoms with E-state index in [-0.39, 0.29) is 5.91 Å². The lowest BCUT2D eigenvalue weighted by Gasteiger charge is -2.26. The van der Waals surface area contributed by atoms with Gasteiger partial charge in [0.05, 0.1) is 10.7 Å². The van der Waals surface area contributed by atoms with Crippen LogP contribution in [-0.2, 0) is 12.8 Å². The fraction of sp³-hybridized carbons (Fsp3) is 0.765. The van der Waals surface area contributed by atoms with E-state index in [1.165, 1.54) is 32.4 Å². The second-order valence-corrected chi connectivity index (χ2v) is 7.08. The summed E-state index contributed by atoms with van der Waals surface area (Å²) in [6.07, 6.45) is 8.00. The zero-order chi connectivity index (χ0) is 15.8. The molecule has 5 heteroatoms. The number of carbonyl (C=O) groups is 1. The van der Waals surface area contributed by atoms with Crippen molar-refractivity contribution in [1.82, 2.24) is 15.2 Å². The Hall–Kier alpha value is -0.940. The van der Waals surface area contributed by atoms with E-state index >= 15 is 0 Å². The smallest absolute Gasteiger partial charge is 0.263 e. The first-order valence-electron chi connectivity index (χ1n) is 8.73. The second kappa shape index (κ2) is 9.26. The van der Waals surface area contributed by atoms with E-state index in [4.69, 9.17) is 0 Å². The number of aryl methyl sites for hydroxylation is 2. The van der Waals surface area contributed by atoms with Gasteiger partial charge in [0.25, 0.3) is 5.91 Å². The largest absolute Gasteiger partial charge is 0.350 e. The number of rotatable bonds is 8. The van der Waals surface area contributed by atoms with E-state index in [0.717, 1.165) is 54.4 Å². The van der Waals surface area contributed by atoms with Gasteiger partial charge in [-0.1, -0.05) is 26.7 Å². The first-order valence-corrected chi connectivity index (χ1v) is 9.55. The number of thiazole rings is 1. The van der Waals surface area contributed by atoms with Crippen molar-refractivity contribution in [2.24, 2.45) is 0 Å². The van der Waals surface area contributed by atoms with Crippen LogP contribution in [0.5, 0.6) is 0 Å². The number of amides is 1. The molecule has 1 saturated heterocycles. The molecule has 0 bridgehead atoms. The summed E-state index contributed by atoms with van der Waals surface area (Å²) < 4.78 is 0. The van der Waals surface area contributed by atoms with Crippen LogP contribution in [0.2, 0.25) is 0 Å². The van der Waals surface area contributed by atoms with Crippen LogP contribution in [0.1, 0.15) is 66.3 Å². The maximum absolute atomic E-state index is 12.4. The summed E-state index contributed by atoms with van der Waals surface area (Å²) in [6.45, 7) is 8.34. The molecule has 124 valence electrons. The molecule has 0 aromatic carbocycles. The van der Waals surface area contributed by atoms with Crippen LogP contribution in [0.4, 0.5) is 0 Å². The summed E-state index contributed by atoms with van der Waals surface area (Å²) in [4.78, 5) is 20.4. The van der Waals surface area contributed by atoms with Gasteiger partial charge in [0.1, 0.15) is 4.88 Å². The van der Waals surface area contributed by atoms with Crippen molar-refractivity contribution >= 4 is 17.2 Å². The number of piperidine rings is 1. The Kier molecular flexibility index (Phi) is 7.33. The summed E-state index contributed by atoms with van der Waals surface area (Å²) in [5, 5.41) is 4.17. The molecule has 22 heavy (non-hydrogen) atoms. The van der Waals surface area contributed by atoms with E-state index in [9.17, 15) is 4.79 Å². The minimum Gasteiger partial charge on any atom is -0.350 e. The molecule has 1 aliphatic rings. The highest BCUT2D eigenvalue weighted by molar-refractivity contribution is 7.13. The molecule has 0 atom stereocenters. The van der Waals surface area contributed by atoms with Gasteiger partial charge in [-0.15, -0.1) is 11.3 Å². The number of carbonyl (C=O) groups excluding carboxylic acids is 1. The number of hydrogen-bond acceptors (Lipinski definition) is 4. The van der Waals surface area contributed by atoms with Gasteiger partial charge in [-0.25, -0.2) is 4.98 Å². The molecule has 1 aromatic heterocycles. The zero-order valence-electron chi connectivity index (χ0n) is 14.0. The number of nitrogens with one attached hydrogen (secondary N) is 1. The van der Waals surface area contributed by atoms with E-state index in [2.05, 4.69) is 29.0 Å². The lowest BCUT2D eigenvalue weighted by atomic mass is 10.1. The highest BCUT2D eigenvalue weighted by Crippen LogP contribution is 2.21. The summed E-state index contributed by atoms with van der Waals surface area (Å²) in [5.74, 6) is 0.0697. The lowest BCUT2D eigenvalue weighted by Crippen LogP contribution is -2.37. The molecular weight excluding hydrogens is 294 g/mol. The first kappa shape index (κ1) is 17.4. The molecule has 0 unspecified atom stereocenters. The molecule has 4 nitrogen and oxygen atoms in total. The molecule has 2 rings (SSSR count). The number of nitrogens with zero attached hydrogens (tertiary/aromatic N) is 2. The molecule has 2 heterocycles. The SMILES string of the molecule is CCCCc1nc(CC)sc1C(=O)NCCN1CCCCC1. The molecule has 0 aliphatic carbocycles. The molecule has 0 spiro atoms. The Morgan fingerprint density at radius 2 is 2.05 bits per heavy atom. The molecule has 1 fully saturated rings. The average Bonchev–Trinajstić information content (AvgIpc) is 2.97. The maximum Gasteiger partial charge on any atom is 0.263 e. The molecule has 1 aromatic rings. The Balaban J connectivity index is 1.86. The van der Waals surface area contributed by atoms with Crippen LogP contribution in [0.15, 0.2) is 0 Å². The van der Waals surface area contributed by atoms with Crippen LogP contribution in [0.25, 0.3) is 0 Å². The molecule has 1 aliphatic heterocycles. The van der Waals surface area contributed by atoms with E-state index in [0.29, 0.717) is 0 Å². The zero-order valence-corrected chi connectivity index (χ0v) is 14.8. The van der Waals surface area contributed by atoms with Gasteiger partial charge in [-0.05, 0) is 45.2 Å².